The number of hydrogen-bond donors (Lipinski definition) is 0. The fourth-order valence-electron chi connectivity index (χ4n) is 7.83. The van der Waals surface area contributed by atoms with Crippen LogP contribution in [-0.4, -0.2) is 6.71 Å². The number of nitrogens with zero attached hydrogens (tertiary/aromatic N) is 2. The summed E-state index contributed by atoms with van der Waals surface area (Å²) in [5, 5.41) is 0. The van der Waals surface area contributed by atoms with Crippen molar-refractivity contribution in [2.75, 3.05) is 9.80 Å². The zero-order valence-electron chi connectivity index (χ0n) is 29.3. The second-order valence-corrected chi connectivity index (χ2v) is 14.4. The van der Waals surface area contributed by atoms with Gasteiger partial charge in [-0.2, -0.15) is 0 Å². The van der Waals surface area contributed by atoms with Crippen LogP contribution in [0.2, 0.25) is 0 Å². The lowest BCUT2D eigenvalue weighted by atomic mass is 9.34. The normalized spacial score (nSPS) is 13.3. The maximum Gasteiger partial charge on any atom is 0.251 e. The summed E-state index contributed by atoms with van der Waals surface area (Å²) >= 11 is 0. The first-order chi connectivity index (χ1) is 23.8. The Hall–Kier alpha value is -5.22. The molecule has 2 aliphatic rings. The molecule has 0 unspecified atom stereocenters. The van der Waals surface area contributed by atoms with E-state index in [9.17, 15) is 0 Å². The summed E-state index contributed by atoms with van der Waals surface area (Å²) in [5.41, 5.74) is 15.0. The van der Waals surface area contributed by atoms with E-state index in [1.807, 2.05) is 0 Å². The predicted octanol–water partition coefficient (Wildman–Crippen LogP) is 10.9. The minimum absolute atomic E-state index is 0.0343. The maximum atomic E-state index is 6.72. The largest absolute Gasteiger partial charge is 0.458 e. The molecule has 0 aliphatic carbocycles. The lowest BCUT2D eigenvalue weighted by Crippen LogP contribution is -2.57. The molecule has 6 aromatic rings. The van der Waals surface area contributed by atoms with E-state index in [4.69, 9.17) is 4.74 Å². The van der Waals surface area contributed by atoms with Crippen LogP contribution >= 0.6 is 0 Å². The lowest BCUT2D eigenvalue weighted by molar-refractivity contribution is 0.487. The van der Waals surface area contributed by atoms with E-state index in [1.54, 1.807) is 0 Å². The van der Waals surface area contributed by atoms with Gasteiger partial charge in [-0.25, -0.2) is 0 Å². The van der Waals surface area contributed by atoms with E-state index >= 15 is 0 Å². The minimum Gasteiger partial charge on any atom is -0.458 e. The number of anilines is 6. The van der Waals surface area contributed by atoms with Crippen molar-refractivity contribution in [2.24, 2.45) is 0 Å². The monoisotopic (exact) mass is 638 g/mol. The number of rotatable bonds is 6. The molecule has 0 fully saturated rings. The molecule has 49 heavy (non-hydrogen) atoms. The molecule has 0 saturated heterocycles. The van der Waals surface area contributed by atoms with Gasteiger partial charge in [0.25, 0.3) is 6.71 Å². The zero-order chi connectivity index (χ0) is 33.8. The number of fused-ring (bicyclic) bond motifs is 4. The van der Waals surface area contributed by atoms with Gasteiger partial charge in [-0.1, -0.05) is 120 Å². The van der Waals surface area contributed by atoms with Gasteiger partial charge < -0.3 is 14.5 Å². The molecule has 2 heterocycles. The Labute approximate surface area is 291 Å². The summed E-state index contributed by atoms with van der Waals surface area (Å²) in [7, 11) is 0. The molecular weight excluding hydrogens is 595 g/mol. The number of ether oxygens (including phenoxy) is 1. The highest BCUT2D eigenvalue weighted by molar-refractivity contribution is 6.97. The Morgan fingerprint density at radius 3 is 1.49 bits per heavy atom. The highest BCUT2D eigenvalue weighted by atomic mass is 16.5. The first kappa shape index (κ1) is 31.1. The molecule has 0 N–H and O–H groups in total. The van der Waals surface area contributed by atoms with Gasteiger partial charge >= 0.3 is 0 Å². The van der Waals surface area contributed by atoms with Crippen LogP contribution in [0.4, 0.5) is 34.1 Å². The Balaban J connectivity index is 1.37. The summed E-state index contributed by atoms with van der Waals surface area (Å²) < 4.78 is 6.72. The van der Waals surface area contributed by atoms with Crippen molar-refractivity contribution in [1.29, 1.82) is 0 Å². The highest BCUT2D eigenvalue weighted by Gasteiger charge is 2.38. The molecule has 0 bridgehead atoms. The third kappa shape index (κ3) is 5.22. The summed E-state index contributed by atoms with van der Waals surface area (Å²) in [5.74, 6) is 3.07. The predicted molar refractivity (Wildman–Crippen MR) is 209 cm³/mol. The smallest absolute Gasteiger partial charge is 0.251 e. The molecule has 0 saturated carbocycles. The van der Waals surface area contributed by atoms with Crippen LogP contribution in [-0.2, 0) is 0 Å². The topological polar surface area (TPSA) is 15.7 Å². The summed E-state index contributed by atoms with van der Waals surface area (Å²) in [6.45, 7) is 14.0. The number of hydrogen-bond acceptors (Lipinski definition) is 3. The third-order valence-corrected chi connectivity index (χ3v) is 10.2. The van der Waals surface area contributed by atoms with Gasteiger partial charge in [-0.05, 0) is 106 Å². The summed E-state index contributed by atoms with van der Waals surface area (Å²) in [6.07, 6.45) is 0. The average Bonchev–Trinajstić information content (AvgIpc) is 3.12. The first-order valence-electron chi connectivity index (χ1n) is 17.7. The van der Waals surface area contributed by atoms with Crippen molar-refractivity contribution in [1.82, 2.24) is 0 Å². The molecular formula is C45H43BN2O. The van der Waals surface area contributed by atoms with Gasteiger partial charge in [0.15, 0.2) is 0 Å². The van der Waals surface area contributed by atoms with Gasteiger partial charge in [0.2, 0.25) is 0 Å². The van der Waals surface area contributed by atoms with Crippen LogP contribution in [0.1, 0.15) is 76.0 Å². The van der Waals surface area contributed by atoms with Gasteiger partial charge in [0.1, 0.15) is 11.5 Å². The number of benzene rings is 6. The van der Waals surface area contributed by atoms with Crippen LogP contribution in [0.3, 0.4) is 0 Å². The van der Waals surface area contributed by atoms with Crippen LogP contribution in [0, 0.1) is 0 Å². The maximum absolute atomic E-state index is 6.72. The Morgan fingerprint density at radius 1 is 0.449 bits per heavy atom. The van der Waals surface area contributed by atoms with Crippen LogP contribution in [0.5, 0.6) is 11.5 Å². The second-order valence-electron chi connectivity index (χ2n) is 14.4. The van der Waals surface area contributed by atoms with Gasteiger partial charge in [0, 0.05) is 11.4 Å². The quantitative estimate of drug-likeness (QED) is 0.169. The molecule has 0 spiro atoms. The summed E-state index contributed by atoms with van der Waals surface area (Å²) in [4.78, 5) is 4.80. The molecule has 0 amide bonds. The standard InChI is InChI=1S/C45H43BN2O/c1-29(2)32-26-35(30(3)4)45(36(27-32)31(5)6)46-37-18-10-15-23-43(37)49-44-25-24-34(28-38(44)46)48-41-21-13-11-19-39(41)47(33-16-8-7-9-17-33)40-20-12-14-22-42(40)48/h7-31H,1-6H3. The van der Waals surface area contributed by atoms with Gasteiger partial charge in [0.05, 0.1) is 22.7 Å². The fraction of sp³-hybridized carbons (Fsp3) is 0.200. The fourth-order valence-corrected chi connectivity index (χ4v) is 7.83. The van der Waals surface area contributed by atoms with Gasteiger partial charge in [-0.3, -0.25) is 0 Å². The third-order valence-electron chi connectivity index (χ3n) is 10.2. The first-order valence-corrected chi connectivity index (χ1v) is 17.7. The van der Waals surface area contributed by atoms with E-state index in [0.29, 0.717) is 17.8 Å². The number of para-hydroxylation sites is 6. The highest BCUT2D eigenvalue weighted by Crippen LogP contribution is 2.54. The molecule has 0 radical (unpaired) electrons. The van der Waals surface area contributed by atoms with Crippen molar-refractivity contribution < 1.29 is 4.74 Å². The van der Waals surface area contributed by atoms with Crippen molar-refractivity contribution in [2.45, 2.75) is 59.3 Å². The zero-order valence-corrected chi connectivity index (χ0v) is 29.3. The van der Waals surface area contributed by atoms with E-state index in [-0.39, 0.29) is 6.71 Å². The Kier molecular flexibility index (Phi) is 7.83. The molecule has 8 rings (SSSR count). The van der Waals surface area contributed by atoms with Crippen LogP contribution in [0.15, 0.2) is 133 Å². The van der Waals surface area contributed by atoms with E-state index in [2.05, 4.69) is 185 Å². The summed E-state index contributed by atoms with van der Waals surface area (Å²) in [6, 6.07) is 48.6. The van der Waals surface area contributed by atoms with Crippen molar-refractivity contribution in [3.05, 3.63) is 150 Å². The SMILES string of the molecule is CC(C)c1cc(C(C)C)c(B2c3ccccc3Oc3ccc(N4c5ccccc5N(c5ccccc5)c5ccccc54)cc32)c(C(C)C)c1. The minimum atomic E-state index is 0.0343. The molecule has 242 valence electrons. The molecule has 0 aromatic heterocycles. The second kappa shape index (κ2) is 12.3. The average molecular weight is 639 g/mol. The van der Waals surface area contributed by atoms with E-state index < -0.39 is 0 Å². The van der Waals surface area contributed by atoms with Crippen LogP contribution in [0.25, 0.3) is 0 Å². The van der Waals surface area contributed by atoms with Crippen molar-refractivity contribution >= 4 is 57.2 Å². The molecule has 6 aromatic carbocycles. The molecule has 4 heteroatoms. The van der Waals surface area contributed by atoms with Crippen LogP contribution < -0.4 is 30.9 Å². The van der Waals surface area contributed by atoms with Crippen molar-refractivity contribution in [3.8, 4) is 11.5 Å². The Bertz CT molecular complexity index is 2090. The molecule has 3 nitrogen and oxygen atoms in total. The van der Waals surface area contributed by atoms with Crippen molar-refractivity contribution in [3.63, 3.8) is 0 Å². The van der Waals surface area contributed by atoms with Gasteiger partial charge in [-0.15, -0.1) is 0 Å². The van der Waals surface area contributed by atoms with E-state index in [0.717, 1.165) is 45.6 Å². The molecule has 2 aliphatic heterocycles. The van der Waals surface area contributed by atoms with E-state index in [1.165, 1.54) is 33.1 Å². The molecule has 0 atom stereocenters. The Morgan fingerprint density at radius 2 is 0.939 bits per heavy atom. The lowest BCUT2D eigenvalue weighted by Gasteiger charge is -2.40.